The predicted octanol–water partition coefficient (Wildman–Crippen LogP) is 0.769. The summed E-state index contributed by atoms with van der Waals surface area (Å²) < 4.78 is 0.898. The lowest BCUT2D eigenvalue weighted by atomic mass is 10.3. The van der Waals surface area contributed by atoms with Crippen LogP contribution in [0.5, 0.6) is 0 Å². The van der Waals surface area contributed by atoms with E-state index in [0.29, 0.717) is 5.00 Å². The molecule has 1 aromatic heterocycles. The van der Waals surface area contributed by atoms with Crippen molar-refractivity contribution >= 4 is 38.2 Å². The van der Waals surface area contributed by atoms with Crippen LogP contribution in [0, 0.1) is 0 Å². The fourth-order valence-corrected chi connectivity index (χ4v) is 2.01. The average molecular weight is 265 g/mol. The summed E-state index contributed by atoms with van der Waals surface area (Å²) in [7, 11) is 0. The minimum absolute atomic E-state index is 0.0711. The lowest BCUT2D eigenvalue weighted by Crippen LogP contribution is -2.33. The number of anilines is 1. The Labute approximate surface area is 87.9 Å². The fourth-order valence-electron chi connectivity index (χ4n) is 0.690. The number of thiophene rings is 1. The molecule has 0 aromatic carbocycles. The summed E-state index contributed by atoms with van der Waals surface area (Å²) in [6.45, 7) is -0.0711. The summed E-state index contributed by atoms with van der Waals surface area (Å²) in [5.41, 5.74) is 5.12. The van der Waals surface area contributed by atoms with Crippen LogP contribution < -0.4 is 11.1 Å². The van der Waals surface area contributed by atoms with Gasteiger partial charge in [0.15, 0.2) is 0 Å². The maximum absolute atomic E-state index is 11.1. The van der Waals surface area contributed by atoms with Gasteiger partial charge in [-0.2, -0.15) is 0 Å². The topological polar surface area (TPSA) is 75.3 Å². The van der Waals surface area contributed by atoms with Gasteiger partial charge in [-0.25, -0.2) is 0 Å². The van der Waals surface area contributed by atoms with Gasteiger partial charge in [0.05, 0.1) is 5.00 Å². The van der Waals surface area contributed by atoms with Crippen molar-refractivity contribution in [1.82, 2.24) is 0 Å². The van der Waals surface area contributed by atoms with Gasteiger partial charge >= 0.3 is 0 Å². The van der Waals surface area contributed by atoms with Crippen LogP contribution in [0.4, 0.5) is 5.00 Å². The molecule has 0 aliphatic rings. The summed E-state index contributed by atoms with van der Waals surface area (Å²) in [6.07, 6.45) is -1.14. The number of hydrogen-bond acceptors (Lipinski definition) is 4. The second-order valence-electron chi connectivity index (χ2n) is 2.37. The van der Waals surface area contributed by atoms with Crippen LogP contribution >= 0.6 is 27.3 Å². The normalized spacial score (nSPS) is 12.5. The van der Waals surface area contributed by atoms with Crippen LogP contribution in [0.1, 0.15) is 0 Å². The standard InChI is InChI=1S/C7H9BrN2O2S/c8-4-1-6(13-3-4)10-7(12)5(11)2-9/h1,3,5,11H,2,9H2,(H,10,12). The molecule has 6 heteroatoms. The molecule has 1 heterocycles. The van der Waals surface area contributed by atoms with Crippen LogP contribution in [-0.2, 0) is 4.79 Å². The number of carbonyl (C=O) groups is 1. The van der Waals surface area contributed by atoms with E-state index < -0.39 is 12.0 Å². The second kappa shape index (κ2) is 4.71. The third-order valence-electron chi connectivity index (χ3n) is 1.34. The van der Waals surface area contributed by atoms with Crippen LogP contribution in [0.2, 0.25) is 0 Å². The van der Waals surface area contributed by atoms with Gasteiger partial charge in [-0.15, -0.1) is 11.3 Å². The summed E-state index contributed by atoms with van der Waals surface area (Å²) in [5.74, 6) is -0.475. The van der Waals surface area contributed by atoms with Gasteiger partial charge < -0.3 is 16.2 Å². The zero-order chi connectivity index (χ0) is 9.84. The quantitative estimate of drug-likeness (QED) is 0.755. The highest BCUT2D eigenvalue weighted by molar-refractivity contribution is 9.10. The fraction of sp³-hybridized carbons (Fsp3) is 0.286. The molecule has 0 aliphatic heterocycles. The number of halogens is 1. The molecule has 0 radical (unpaired) electrons. The SMILES string of the molecule is NCC(O)C(=O)Nc1cc(Br)cs1. The van der Waals surface area contributed by atoms with E-state index in [-0.39, 0.29) is 6.54 Å². The Bertz CT molecular complexity index is 302. The second-order valence-corrected chi connectivity index (χ2v) is 4.20. The Morgan fingerprint density at radius 3 is 3.00 bits per heavy atom. The first kappa shape index (κ1) is 10.6. The predicted molar refractivity (Wildman–Crippen MR) is 55.7 cm³/mol. The first-order valence-corrected chi connectivity index (χ1v) is 5.23. The van der Waals surface area contributed by atoms with Gasteiger partial charge in [-0.05, 0) is 22.0 Å². The third-order valence-corrected chi connectivity index (χ3v) is 2.95. The molecule has 0 aliphatic carbocycles. The minimum Gasteiger partial charge on any atom is -0.382 e. The van der Waals surface area contributed by atoms with Gasteiger partial charge in [-0.3, -0.25) is 4.79 Å². The van der Waals surface area contributed by atoms with E-state index in [1.54, 1.807) is 6.07 Å². The number of aliphatic hydroxyl groups is 1. The highest BCUT2D eigenvalue weighted by Crippen LogP contribution is 2.24. The highest BCUT2D eigenvalue weighted by atomic mass is 79.9. The summed E-state index contributed by atoms with van der Waals surface area (Å²) in [4.78, 5) is 11.1. The number of aliphatic hydroxyl groups excluding tert-OH is 1. The van der Waals surface area contributed by atoms with Crippen molar-refractivity contribution in [2.24, 2.45) is 5.73 Å². The Hall–Kier alpha value is -0.430. The van der Waals surface area contributed by atoms with E-state index in [4.69, 9.17) is 10.8 Å². The lowest BCUT2D eigenvalue weighted by Gasteiger charge is -2.06. The van der Waals surface area contributed by atoms with Crippen LogP contribution in [0.3, 0.4) is 0 Å². The molecular weight excluding hydrogens is 256 g/mol. The molecule has 4 nitrogen and oxygen atoms in total. The van der Waals surface area contributed by atoms with Crippen molar-refractivity contribution in [3.05, 3.63) is 15.9 Å². The lowest BCUT2D eigenvalue weighted by molar-refractivity contribution is -0.123. The number of amides is 1. The molecule has 0 fully saturated rings. The highest BCUT2D eigenvalue weighted by Gasteiger charge is 2.13. The zero-order valence-corrected chi connectivity index (χ0v) is 9.06. The molecule has 0 saturated heterocycles. The summed E-state index contributed by atoms with van der Waals surface area (Å²) in [6, 6.07) is 1.76. The van der Waals surface area contributed by atoms with Crippen LogP contribution in [-0.4, -0.2) is 23.7 Å². The van der Waals surface area contributed by atoms with Gasteiger partial charge in [0.1, 0.15) is 6.10 Å². The van der Waals surface area contributed by atoms with Gasteiger partial charge in [-0.1, -0.05) is 0 Å². The van der Waals surface area contributed by atoms with Gasteiger partial charge in [0.2, 0.25) is 0 Å². The van der Waals surface area contributed by atoms with E-state index in [9.17, 15) is 4.79 Å². The van der Waals surface area contributed by atoms with Crippen LogP contribution in [0.25, 0.3) is 0 Å². The summed E-state index contributed by atoms with van der Waals surface area (Å²) >= 11 is 4.62. The summed E-state index contributed by atoms with van der Waals surface area (Å²) in [5, 5.41) is 14.1. The molecule has 1 unspecified atom stereocenters. The number of nitrogens with one attached hydrogen (secondary N) is 1. The first-order valence-electron chi connectivity index (χ1n) is 3.56. The monoisotopic (exact) mass is 264 g/mol. The van der Waals surface area contributed by atoms with Crippen molar-refractivity contribution in [3.8, 4) is 0 Å². The molecule has 1 rings (SSSR count). The minimum atomic E-state index is -1.14. The van der Waals surface area contributed by atoms with E-state index in [1.165, 1.54) is 11.3 Å². The van der Waals surface area contributed by atoms with Gasteiger partial charge in [0.25, 0.3) is 5.91 Å². The molecule has 0 saturated carbocycles. The molecule has 72 valence electrons. The number of carbonyl (C=O) groups excluding carboxylic acids is 1. The Kier molecular flexibility index (Phi) is 3.86. The van der Waals surface area contributed by atoms with E-state index in [0.717, 1.165) is 4.47 Å². The Morgan fingerprint density at radius 1 is 1.85 bits per heavy atom. The molecule has 0 bridgehead atoms. The third kappa shape index (κ3) is 3.07. The molecule has 1 amide bonds. The van der Waals surface area contributed by atoms with Gasteiger partial charge in [0, 0.05) is 16.4 Å². The van der Waals surface area contributed by atoms with E-state index in [1.807, 2.05) is 5.38 Å². The molecule has 0 spiro atoms. The Balaban J connectivity index is 2.54. The number of rotatable bonds is 3. The molecule has 13 heavy (non-hydrogen) atoms. The smallest absolute Gasteiger partial charge is 0.255 e. The molecular formula is C7H9BrN2O2S. The van der Waals surface area contributed by atoms with Crippen LogP contribution in [0.15, 0.2) is 15.9 Å². The molecule has 4 N–H and O–H groups in total. The maximum atomic E-state index is 11.1. The Morgan fingerprint density at radius 2 is 2.54 bits per heavy atom. The number of hydrogen-bond donors (Lipinski definition) is 3. The number of nitrogens with two attached hydrogens (primary N) is 1. The maximum Gasteiger partial charge on any atom is 0.255 e. The van der Waals surface area contributed by atoms with Crippen molar-refractivity contribution in [2.45, 2.75) is 6.10 Å². The first-order chi connectivity index (χ1) is 6.13. The van der Waals surface area contributed by atoms with Crippen molar-refractivity contribution in [3.63, 3.8) is 0 Å². The average Bonchev–Trinajstić information content (AvgIpc) is 2.49. The van der Waals surface area contributed by atoms with E-state index >= 15 is 0 Å². The van der Waals surface area contributed by atoms with E-state index in [2.05, 4.69) is 21.2 Å². The zero-order valence-electron chi connectivity index (χ0n) is 6.66. The largest absolute Gasteiger partial charge is 0.382 e. The van der Waals surface area contributed by atoms with Crippen molar-refractivity contribution < 1.29 is 9.90 Å². The van der Waals surface area contributed by atoms with Crippen molar-refractivity contribution in [2.75, 3.05) is 11.9 Å². The molecule has 1 aromatic rings. The molecule has 1 atom stereocenters. The van der Waals surface area contributed by atoms with Crippen molar-refractivity contribution in [1.29, 1.82) is 0 Å².